The molecule has 46 heavy (non-hydrogen) atoms. The number of nitro groups is 3. The van der Waals surface area contributed by atoms with E-state index in [9.17, 15) is 53.8 Å². The third-order valence-electron chi connectivity index (χ3n) is 7.13. The van der Waals surface area contributed by atoms with Gasteiger partial charge in [-0.05, 0) is 0 Å². The summed E-state index contributed by atoms with van der Waals surface area (Å²) in [5.41, 5.74) is 5.84. The smallest absolute Gasteiger partial charge is 0.382 e. The quantitative estimate of drug-likeness (QED) is 0.104. The van der Waals surface area contributed by atoms with Gasteiger partial charge >= 0.3 is 29.3 Å². The molecule has 6 N–H and O–H groups in total. The molecule has 2 aromatic rings. The van der Waals surface area contributed by atoms with Gasteiger partial charge in [-0.15, -0.1) is 0 Å². The molecule has 2 aliphatic heterocycles. The SMILES string of the molecule is Nc1ncnc2c1ncn2[C@@H]1O[C@H](COP(=O)(O)OP(=O)(O)OP(=O)(O)O)[C@H]2OC3(O[C@H]21)C([N+](=O)[O-])CC([N+](=O)[O-])CC3[N+](=O)[O-]. The summed E-state index contributed by atoms with van der Waals surface area (Å²) in [6.07, 6.45) is -5.96. The summed E-state index contributed by atoms with van der Waals surface area (Å²) >= 11 is 0. The first-order valence-corrected chi connectivity index (χ1v) is 16.9. The maximum atomic E-state index is 12.4. The van der Waals surface area contributed by atoms with Crippen LogP contribution in [-0.4, -0.2) is 103 Å². The Balaban J connectivity index is 1.51. The van der Waals surface area contributed by atoms with Gasteiger partial charge in [-0.25, -0.2) is 28.6 Å². The minimum absolute atomic E-state index is 0.0111. The van der Waals surface area contributed by atoms with Crippen LogP contribution in [0.4, 0.5) is 5.82 Å². The monoisotopic (exact) mass is 722 g/mol. The van der Waals surface area contributed by atoms with Crippen molar-refractivity contribution in [2.45, 2.75) is 61.3 Å². The maximum absolute atomic E-state index is 12.4. The van der Waals surface area contributed by atoms with E-state index in [2.05, 4.69) is 28.1 Å². The molecular formula is C16H21N8O19P3. The second-order valence-electron chi connectivity index (χ2n) is 9.93. The van der Waals surface area contributed by atoms with E-state index in [0.717, 1.165) is 17.2 Å². The highest BCUT2D eigenvalue weighted by Gasteiger charge is 2.75. The number of nitrogen functional groups attached to an aromatic ring is 1. The third kappa shape index (κ3) is 6.50. The lowest BCUT2D eigenvalue weighted by molar-refractivity contribution is -0.651. The highest BCUT2D eigenvalue weighted by molar-refractivity contribution is 7.66. The second-order valence-corrected chi connectivity index (χ2v) is 14.4. The van der Waals surface area contributed by atoms with Gasteiger partial charge in [-0.1, -0.05) is 0 Å². The molecule has 1 saturated carbocycles. The number of nitrogens with two attached hydrogens (primary N) is 1. The number of hydrogen-bond acceptors (Lipinski definition) is 19. The molecule has 2 aromatic heterocycles. The normalized spacial score (nSPS) is 33.8. The van der Waals surface area contributed by atoms with Crippen molar-refractivity contribution in [1.82, 2.24) is 19.5 Å². The van der Waals surface area contributed by atoms with E-state index in [1.807, 2.05) is 0 Å². The molecule has 5 rings (SSSR count). The van der Waals surface area contributed by atoms with Crippen molar-refractivity contribution in [2.24, 2.45) is 0 Å². The van der Waals surface area contributed by atoms with Crippen molar-refractivity contribution in [3.63, 3.8) is 0 Å². The van der Waals surface area contributed by atoms with Crippen LogP contribution in [-0.2, 0) is 41.1 Å². The lowest BCUT2D eigenvalue weighted by Gasteiger charge is -2.37. The van der Waals surface area contributed by atoms with Crippen LogP contribution in [0.25, 0.3) is 11.2 Å². The highest BCUT2D eigenvalue weighted by atomic mass is 31.3. The molecule has 4 unspecified atom stereocenters. The summed E-state index contributed by atoms with van der Waals surface area (Å²) in [6, 6.07) is -6.10. The van der Waals surface area contributed by atoms with Gasteiger partial charge in [-0.2, -0.15) is 8.62 Å². The van der Waals surface area contributed by atoms with E-state index < -0.39 is 106 Å². The van der Waals surface area contributed by atoms with Crippen molar-refractivity contribution < 1.29 is 75.4 Å². The van der Waals surface area contributed by atoms with Crippen LogP contribution < -0.4 is 5.73 Å². The number of phosphoric acid groups is 3. The topological polar surface area (TPSA) is 387 Å². The summed E-state index contributed by atoms with van der Waals surface area (Å²) in [5, 5.41) is 35.8. The Kier molecular flexibility index (Phi) is 8.78. The summed E-state index contributed by atoms with van der Waals surface area (Å²) in [5.74, 6) is -2.85. The number of aromatic nitrogens is 4. The van der Waals surface area contributed by atoms with Crippen LogP contribution in [0.1, 0.15) is 19.1 Å². The maximum Gasteiger partial charge on any atom is 0.490 e. The molecule has 254 valence electrons. The number of anilines is 1. The first kappa shape index (κ1) is 34.2. The molecular weight excluding hydrogens is 701 g/mol. The molecule has 0 bridgehead atoms. The Bertz CT molecular complexity index is 1690. The van der Waals surface area contributed by atoms with Gasteiger partial charge in [0.1, 0.15) is 30.2 Å². The minimum atomic E-state index is -5.92. The fourth-order valence-electron chi connectivity index (χ4n) is 5.43. The second kappa shape index (κ2) is 11.8. The van der Waals surface area contributed by atoms with Gasteiger partial charge in [0.2, 0.25) is 6.04 Å². The highest BCUT2D eigenvalue weighted by Crippen LogP contribution is 2.66. The van der Waals surface area contributed by atoms with Crippen LogP contribution >= 0.6 is 23.5 Å². The Morgan fingerprint density at radius 2 is 1.54 bits per heavy atom. The molecule has 2 saturated heterocycles. The number of hydrogen-bond donors (Lipinski definition) is 5. The van der Waals surface area contributed by atoms with Crippen LogP contribution in [0.2, 0.25) is 0 Å². The van der Waals surface area contributed by atoms with Crippen LogP contribution in [0.3, 0.4) is 0 Å². The molecule has 1 aliphatic carbocycles. The van der Waals surface area contributed by atoms with E-state index in [1.165, 1.54) is 0 Å². The number of imidazole rings is 1. The molecule has 3 fully saturated rings. The zero-order valence-electron chi connectivity index (χ0n) is 22.3. The van der Waals surface area contributed by atoms with Crippen molar-refractivity contribution in [3.05, 3.63) is 43.0 Å². The number of ether oxygens (including phenoxy) is 3. The van der Waals surface area contributed by atoms with Gasteiger partial charge in [0.25, 0.3) is 12.1 Å². The molecule has 27 nitrogen and oxygen atoms in total. The average Bonchev–Trinajstić information content (AvgIpc) is 3.58. The third-order valence-corrected chi connectivity index (χ3v) is 10.9. The number of fused-ring (bicyclic) bond motifs is 2. The van der Waals surface area contributed by atoms with Crippen LogP contribution in [0, 0.1) is 30.3 Å². The van der Waals surface area contributed by atoms with E-state index in [-0.39, 0.29) is 17.0 Å². The van der Waals surface area contributed by atoms with E-state index in [0.29, 0.717) is 0 Å². The lowest BCUT2D eigenvalue weighted by Crippen LogP contribution is -2.65. The number of phosphoric ester groups is 1. The molecule has 0 radical (unpaired) electrons. The van der Waals surface area contributed by atoms with Gasteiger partial charge in [0, 0.05) is 14.8 Å². The summed E-state index contributed by atoms with van der Waals surface area (Å²) in [7, 11) is -17.4. The number of nitrogens with zero attached hydrogens (tertiary/aromatic N) is 7. The predicted octanol–water partition coefficient (Wildman–Crippen LogP) is -1.14. The van der Waals surface area contributed by atoms with Crippen LogP contribution in [0.5, 0.6) is 0 Å². The first-order valence-electron chi connectivity index (χ1n) is 12.4. The minimum Gasteiger partial charge on any atom is -0.382 e. The largest absolute Gasteiger partial charge is 0.490 e. The van der Waals surface area contributed by atoms with Crippen LogP contribution in [0.15, 0.2) is 12.7 Å². The Labute approximate surface area is 252 Å². The van der Waals surface area contributed by atoms with Crippen molar-refractivity contribution in [3.8, 4) is 0 Å². The molecule has 1 spiro atoms. The van der Waals surface area contributed by atoms with Crippen molar-refractivity contribution in [2.75, 3.05) is 12.3 Å². The fourth-order valence-corrected chi connectivity index (χ4v) is 8.46. The Hall–Kier alpha value is -3.16. The molecule has 4 heterocycles. The molecule has 3 aliphatic rings. The Morgan fingerprint density at radius 1 is 0.935 bits per heavy atom. The molecule has 8 atom stereocenters. The van der Waals surface area contributed by atoms with Crippen molar-refractivity contribution in [1.29, 1.82) is 0 Å². The van der Waals surface area contributed by atoms with E-state index in [1.54, 1.807) is 0 Å². The fraction of sp³-hybridized carbons (Fsp3) is 0.688. The van der Waals surface area contributed by atoms with E-state index >= 15 is 0 Å². The summed E-state index contributed by atoms with van der Waals surface area (Å²) in [4.78, 5) is 81.5. The molecule has 0 aromatic carbocycles. The molecule has 30 heteroatoms. The Morgan fingerprint density at radius 3 is 2.11 bits per heavy atom. The lowest BCUT2D eigenvalue weighted by atomic mass is 9.82. The average molecular weight is 722 g/mol. The number of rotatable bonds is 11. The van der Waals surface area contributed by atoms with Gasteiger partial charge < -0.3 is 39.5 Å². The standard InChI is InChI=1S/C16H21N8O19P3/c17-13-10-14(19-4-18-13)21(5-20-10)15-12-11(7(39-15)3-38-45(34,35)43-46(36,37)42-44(31,32)33)40-16(41-12)8(23(27)28)1-6(22(25)26)2-9(16)24(29)30/h4-9,11-12,15H,1-3H2,(H,34,35)(H,36,37)(H2,17,18,19)(H2,31,32,33)/t6?,7-,8?,9?,11-,12-,15-,16?/m1/s1. The zero-order valence-corrected chi connectivity index (χ0v) is 25.0. The summed E-state index contributed by atoms with van der Waals surface area (Å²) in [6.45, 7) is -1.16. The zero-order chi connectivity index (χ0) is 34.0. The van der Waals surface area contributed by atoms with Gasteiger partial charge in [0.15, 0.2) is 17.7 Å². The first-order chi connectivity index (χ1) is 21.2. The van der Waals surface area contributed by atoms with Gasteiger partial charge in [0.05, 0.1) is 25.8 Å². The van der Waals surface area contributed by atoms with Crippen molar-refractivity contribution >= 4 is 40.4 Å². The van der Waals surface area contributed by atoms with E-state index in [4.69, 9.17) is 29.7 Å². The molecule has 0 amide bonds. The summed E-state index contributed by atoms with van der Waals surface area (Å²) < 4.78 is 65.7. The van der Waals surface area contributed by atoms with Gasteiger partial charge in [-0.3, -0.25) is 39.4 Å². The predicted molar refractivity (Wildman–Crippen MR) is 138 cm³/mol.